The fraction of sp³-hybridized carbons (Fsp3) is 0.600. The van der Waals surface area contributed by atoms with E-state index in [4.69, 9.17) is 11.6 Å². The Morgan fingerprint density at radius 2 is 2.15 bits per heavy atom. The van der Waals surface area contributed by atoms with Gasteiger partial charge in [-0.15, -0.1) is 11.6 Å². The van der Waals surface area contributed by atoms with Crippen LogP contribution in [0.15, 0.2) is 12.3 Å². The van der Waals surface area contributed by atoms with E-state index in [1.165, 1.54) is 0 Å². The summed E-state index contributed by atoms with van der Waals surface area (Å²) in [4.78, 5) is 9.25. The Kier molecular flexibility index (Phi) is 5.33. The lowest BCUT2D eigenvalue weighted by Crippen LogP contribution is -2.11. The molecule has 0 aliphatic rings. The minimum absolute atomic E-state index is 0.106. The molecule has 0 aliphatic heterocycles. The minimum Gasteiger partial charge on any atom is -0.309 e. The molecule has 2 unspecified atom stereocenters. The molecule has 0 amide bonds. The van der Waals surface area contributed by atoms with Gasteiger partial charge in [0.05, 0.1) is 5.38 Å². The maximum atomic E-state index is 6.31. The van der Waals surface area contributed by atoms with Crippen LogP contribution in [0.25, 0.3) is 11.2 Å². The largest absolute Gasteiger partial charge is 0.309 e. The molecule has 0 aromatic carbocycles. The van der Waals surface area contributed by atoms with Crippen molar-refractivity contribution in [3.63, 3.8) is 0 Å². The number of fused-ring (bicyclic) bond motifs is 1. The van der Waals surface area contributed by atoms with Crippen molar-refractivity contribution in [1.29, 1.82) is 0 Å². The quantitative estimate of drug-likeness (QED) is 0.570. The van der Waals surface area contributed by atoms with Gasteiger partial charge in [-0.05, 0) is 50.3 Å². The predicted octanol–water partition coefficient (Wildman–Crippen LogP) is 4.74. The Bertz CT molecular complexity index is 580. The topological polar surface area (TPSA) is 30.7 Å². The highest BCUT2D eigenvalue weighted by atomic mass is 35.5. The van der Waals surface area contributed by atoms with E-state index in [9.17, 15) is 0 Å². The van der Waals surface area contributed by atoms with Gasteiger partial charge in [0.1, 0.15) is 11.3 Å². The number of aromatic nitrogens is 3. The van der Waals surface area contributed by atoms with Crippen LogP contribution < -0.4 is 0 Å². The van der Waals surface area contributed by atoms with Gasteiger partial charge in [0.15, 0.2) is 5.65 Å². The number of hydrogen-bond acceptors (Lipinski definition) is 3. The molecule has 2 heterocycles. The smallest absolute Gasteiger partial charge is 0.160 e. The second kappa shape index (κ2) is 6.81. The molecule has 2 aromatic heterocycles. The molecular weight excluding hydrogens is 290 g/mol. The number of alkyl halides is 1. The zero-order valence-corrected chi connectivity index (χ0v) is 14.1. The summed E-state index contributed by atoms with van der Waals surface area (Å²) >= 11 is 8.28. The number of halogens is 1. The first kappa shape index (κ1) is 15.6. The summed E-state index contributed by atoms with van der Waals surface area (Å²) in [5.41, 5.74) is 3.03. The molecule has 110 valence electrons. The summed E-state index contributed by atoms with van der Waals surface area (Å²) in [6, 6.07) is 2.44. The summed E-state index contributed by atoms with van der Waals surface area (Å²) in [6.45, 7) is 8.43. The normalized spacial score (nSPS) is 14.7. The third-order valence-electron chi connectivity index (χ3n) is 3.37. The number of rotatable bonds is 6. The molecule has 2 rings (SSSR count). The maximum absolute atomic E-state index is 6.31. The lowest BCUT2D eigenvalue weighted by Gasteiger charge is -2.17. The average Bonchev–Trinajstić information content (AvgIpc) is 2.77. The standard InChI is InChI=1S/C15H22ClN3S/c1-5-20-7-6-11(3)19-14(12(4)16)18-13-8-10(2)9-17-15(13)19/h8-9,11-12H,5-7H2,1-4H3. The fourth-order valence-electron chi connectivity index (χ4n) is 2.34. The summed E-state index contributed by atoms with van der Waals surface area (Å²) in [7, 11) is 0. The van der Waals surface area contributed by atoms with Crippen LogP contribution in [0.1, 0.15) is 50.0 Å². The van der Waals surface area contributed by atoms with Gasteiger partial charge < -0.3 is 4.57 Å². The van der Waals surface area contributed by atoms with Gasteiger partial charge in [-0.3, -0.25) is 0 Å². The van der Waals surface area contributed by atoms with E-state index < -0.39 is 0 Å². The number of pyridine rings is 1. The number of nitrogens with zero attached hydrogens (tertiary/aromatic N) is 3. The van der Waals surface area contributed by atoms with E-state index in [0.717, 1.165) is 40.5 Å². The zero-order valence-electron chi connectivity index (χ0n) is 12.6. The molecule has 0 saturated heterocycles. The van der Waals surface area contributed by atoms with Gasteiger partial charge in [0.2, 0.25) is 0 Å². The SMILES string of the molecule is CCSCCC(C)n1c(C(C)Cl)nc2cc(C)cnc21. The van der Waals surface area contributed by atoms with Crippen molar-refractivity contribution < 1.29 is 0 Å². The van der Waals surface area contributed by atoms with Gasteiger partial charge in [-0.25, -0.2) is 9.97 Å². The summed E-state index contributed by atoms with van der Waals surface area (Å²) < 4.78 is 2.21. The van der Waals surface area contributed by atoms with Gasteiger partial charge in [0.25, 0.3) is 0 Å². The van der Waals surface area contributed by atoms with E-state index >= 15 is 0 Å². The number of aryl methyl sites for hydroxylation is 1. The Labute approximate surface area is 130 Å². The highest BCUT2D eigenvalue weighted by Gasteiger charge is 2.19. The van der Waals surface area contributed by atoms with Crippen LogP contribution in [0, 0.1) is 6.92 Å². The summed E-state index contributed by atoms with van der Waals surface area (Å²) in [5, 5.41) is -0.106. The predicted molar refractivity (Wildman–Crippen MR) is 88.9 cm³/mol. The van der Waals surface area contributed by atoms with E-state index in [-0.39, 0.29) is 5.38 Å². The summed E-state index contributed by atoms with van der Waals surface area (Å²) in [6.07, 6.45) is 3.01. The van der Waals surface area contributed by atoms with E-state index in [0.29, 0.717) is 6.04 Å². The van der Waals surface area contributed by atoms with E-state index in [1.807, 2.05) is 31.8 Å². The first-order valence-electron chi connectivity index (χ1n) is 7.10. The second-order valence-corrected chi connectivity index (χ2v) is 7.19. The molecule has 0 aliphatic carbocycles. The molecule has 0 spiro atoms. The molecule has 20 heavy (non-hydrogen) atoms. The van der Waals surface area contributed by atoms with Crippen molar-refractivity contribution in [3.05, 3.63) is 23.7 Å². The maximum Gasteiger partial charge on any atom is 0.160 e. The van der Waals surface area contributed by atoms with Crippen LogP contribution in [0.4, 0.5) is 0 Å². The molecule has 2 aromatic rings. The van der Waals surface area contributed by atoms with Crippen molar-refractivity contribution in [3.8, 4) is 0 Å². The van der Waals surface area contributed by atoms with Crippen LogP contribution in [0.2, 0.25) is 0 Å². The Morgan fingerprint density at radius 1 is 1.40 bits per heavy atom. The van der Waals surface area contributed by atoms with Crippen LogP contribution in [-0.4, -0.2) is 26.0 Å². The molecule has 5 heteroatoms. The van der Waals surface area contributed by atoms with Gasteiger partial charge in [-0.1, -0.05) is 6.92 Å². The molecule has 0 N–H and O–H groups in total. The Morgan fingerprint density at radius 3 is 2.80 bits per heavy atom. The highest BCUT2D eigenvalue weighted by Crippen LogP contribution is 2.29. The monoisotopic (exact) mass is 311 g/mol. The third kappa shape index (κ3) is 3.29. The molecule has 0 radical (unpaired) electrons. The van der Waals surface area contributed by atoms with Gasteiger partial charge in [0, 0.05) is 12.2 Å². The first-order chi connectivity index (χ1) is 9.54. The molecule has 0 bridgehead atoms. The van der Waals surface area contributed by atoms with Crippen LogP contribution in [0.3, 0.4) is 0 Å². The van der Waals surface area contributed by atoms with Gasteiger partial charge in [-0.2, -0.15) is 11.8 Å². The minimum atomic E-state index is -0.106. The van der Waals surface area contributed by atoms with Crippen molar-refractivity contribution in [2.45, 2.75) is 45.5 Å². The lowest BCUT2D eigenvalue weighted by atomic mass is 10.2. The molecule has 0 saturated carbocycles. The highest BCUT2D eigenvalue weighted by molar-refractivity contribution is 7.99. The van der Waals surface area contributed by atoms with Crippen molar-refractivity contribution in [2.24, 2.45) is 0 Å². The molecule has 2 atom stereocenters. The van der Waals surface area contributed by atoms with Crippen LogP contribution >= 0.6 is 23.4 Å². The lowest BCUT2D eigenvalue weighted by molar-refractivity contribution is 0.522. The van der Waals surface area contributed by atoms with Crippen LogP contribution in [0.5, 0.6) is 0 Å². The zero-order chi connectivity index (χ0) is 14.7. The Hall–Kier alpha value is -0.740. The van der Waals surface area contributed by atoms with Gasteiger partial charge >= 0.3 is 0 Å². The van der Waals surface area contributed by atoms with Crippen LogP contribution in [-0.2, 0) is 0 Å². The average molecular weight is 312 g/mol. The van der Waals surface area contributed by atoms with E-state index in [2.05, 4.69) is 34.4 Å². The Balaban J connectivity index is 2.40. The van der Waals surface area contributed by atoms with Crippen molar-refractivity contribution in [2.75, 3.05) is 11.5 Å². The van der Waals surface area contributed by atoms with Crippen molar-refractivity contribution >= 4 is 34.5 Å². The fourth-order valence-corrected chi connectivity index (χ4v) is 3.29. The number of imidazole rings is 1. The molecule has 0 fully saturated rings. The molecule has 3 nitrogen and oxygen atoms in total. The first-order valence-corrected chi connectivity index (χ1v) is 8.70. The summed E-state index contributed by atoms with van der Waals surface area (Å²) in [5.74, 6) is 3.24. The second-order valence-electron chi connectivity index (χ2n) is 5.15. The number of thioether (sulfide) groups is 1. The van der Waals surface area contributed by atoms with E-state index in [1.54, 1.807) is 0 Å². The number of hydrogen-bond donors (Lipinski definition) is 0. The molecular formula is C15H22ClN3S. The third-order valence-corrected chi connectivity index (χ3v) is 4.50. The van der Waals surface area contributed by atoms with Crippen molar-refractivity contribution in [1.82, 2.24) is 14.5 Å².